The van der Waals surface area contributed by atoms with Crippen molar-refractivity contribution in [2.45, 2.75) is 31.8 Å². The Balaban J connectivity index is 1.78. The molecule has 3 rings (SSSR count). The van der Waals surface area contributed by atoms with E-state index in [1.165, 1.54) is 25.7 Å². The molecule has 80 valence electrons. The van der Waals surface area contributed by atoms with E-state index in [1.54, 1.807) is 12.4 Å². The molecular weight excluding hydrogens is 186 g/mol. The zero-order valence-corrected chi connectivity index (χ0v) is 8.84. The molecule has 0 saturated heterocycles. The maximum absolute atomic E-state index is 10.3. The van der Waals surface area contributed by atoms with Crippen molar-refractivity contribution in [3.8, 4) is 0 Å². The lowest BCUT2D eigenvalue weighted by atomic mass is 9.82. The van der Waals surface area contributed by atoms with Crippen LogP contribution in [0.3, 0.4) is 0 Å². The summed E-state index contributed by atoms with van der Waals surface area (Å²) in [6, 6.07) is 3.90. The van der Waals surface area contributed by atoms with Gasteiger partial charge in [0.2, 0.25) is 0 Å². The quantitative estimate of drug-likeness (QED) is 0.801. The summed E-state index contributed by atoms with van der Waals surface area (Å²) in [7, 11) is 0. The van der Waals surface area contributed by atoms with Crippen LogP contribution in [0.4, 0.5) is 0 Å². The second kappa shape index (κ2) is 3.60. The average molecular weight is 203 g/mol. The van der Waals surface area contributed by atoms with E-state index in [9.17, 15) is 5.11 Å². The lowest BCUT2D eigenvalue weighted by molar-refractivity contribution is 0.0742. The minimum atomic E-state index is -0.283. The molecule has 1 N–H and O–H groups in total. The molecule has 0 aliphatic heterocycles. The first kappa shape index (κ1) is 9.34. The van der Waals surface area contributed by atoms with Crippen molar-refractivity contribution in [3.05, 3.63) is 30.1 Å². The predicted molar refractivity (Wildman–Crippen MR) is 58.1 cm³/mol. The summed E-state index contributed by atoms with van der Waals surface area (Å²) in [5.74, 6) is 2.16. The normalized spacial score (nSPS) is 35.7. The highest BCUT2D eigenvalue weighted by molar-refractivity contribution is 5.14. The van der Waals surface area contributed by atoms with Crippen LogP contribution in [0.25, 0.3) is 0 Å². The Labute approximate surface area is 90.4 Å². The molecule has 2 aliphatic carbocycles. The van der Waals surface area contributed by atoms with Gasteiger partial charge in [-0.1, -0.05) is 12.5 Å². The molecular formula is C13H17NO. The molecule has 1 aromatic heterocycles. The Hall–Kier alpha value is -0.890. The van der Waals surface area contributed by atoms with Gasteiger partial charge in [-0.05, 0) is 48.6 Å². The fourth-order valence-corrected chi connectivity index (χ4v) is 3.48. The van der Waals surface area contributed by atoms with Crippen molar-refractivity contribution in [2.75, 3.05) is 0 Å². The van der Waals surface area contributed by atoms with Gasteiger partial charge in [-0.25, -0.2) is 0 Å². The highest BCUT2D eigenvalue weighted by atomic mass is 16.3. The van der Waals surface area contributed by atoms with Crippen molar-refractivity contribution in [2.24, 2.45) is 17.8 Å². The standard InChI is InChI=1S/C13H17NO/c15-13(11-2-1-5-14-8-11)12-7-9-3-4-10(12)6-9/h1-2,5,8-10,12-13,15H,3-4,6-7H2. The number of hydrogen-bond acceptors (Lipinski definition) is 2. The van der Waals surface area contributed by atoms with Gasteiger partial charge in [0.1, 0.15) is 0 Å². The third-order valence-electron chi connectivity index (χ3n) is 4.22. The molecule has 0 aromatic carbocycles. The number of fused-ring (bicyclic) bond motifs is 2. The Bertz CT molecular complexity index is 338. The van der Waals surface area contributed by atoms with Crippen LogP contribution in [0, 0.1) is 17.8 Å². The second-order valence-electron chi connectivity index (χ2n) is 5.07. The van der Waals surface area contributed by atoms with Gasteiger partial charge < -0.3 is 5.11 Å². The minimum absolute atomic E-state index is 0.283. The fraction of sp³-hybridized carbons (Fsp3) is 0.615. The van der Waals surface area contributed by atoms with Crippen LogP contribution in [-0.4, -0.2) is 10.1 Å². The van der Waals surface area contributed by atoms with Crippen LogP contribution >= 0.6 is 0 Å². The molecule has 2 saturated carbocycles. The summed E-state index contributed by atoms with van der Waals surface area (Å²) >= 11 is 0. The molecule has 4 unspecified atom stereocenters. The second-order valence-corrected chi connectivity index (χ2v) is 5.07. The summed E-state index contributed by atoms with van der Waals surface area (Å²) < 4.78 is 0. The van der Waals surface area contributed by atoms with E-state index in [0.717, 1.165) is 17.4 Å². The molecule has 1 heterocycles. The van der Waals surface area contributed by atoms with Gasteiger partial charge >= 0.3 is 0 Å². The van der Waals surface area contributed by atoms with Crippen LogP contribution in [0.15, 0.2) is 24.5 Å². The zero-order chi connectivity index (χ0) is 10.3. The van der Waals surface area contributed by atoms with E-state index >= 15 is 0 Å². The minimum Gasteiger partial charge on any atom is -0.388 e. The van der Waals surface area contributed by atoms with Crippen LogP contribution in [-0.2, 0) is 0 Å². The summed E-state index contributed by atoms with van der Waals surface area (Å²) in [6.07, 6.45) is 8.57. The number of hydrogen-bond donors (Lipinski definition) is 1. The number of aromatic nitrogens is 1. The highest BCUT2D eigenvalue weighted by Crippen LogP contribution is 2.52. The Kier molecular flexibility index (Phi) is 2.24. The van der Waals surface area contributed by atoms with Gasteiger partial charge in [0.25, 0.3) is 0 Å². The van der Waals surface area contributed by atoms with E-state index in [4.69, 9.17) is 0 Å². The lowest BCUT2D eigenvalue weighted by Crippen LogP contribution is -2.19. The summed E-state index contributed by atoms with van der Waals surface area (Å²) in [4.78, 5) is 4.08. The van der Waals surface area contributed by atoms with Gasteiger partial charge in [-0.2, -0.15) is 0 Å². The molecule has 15 heavy (non-hydrogen) atoms. The molecule has 2 aliphatic rings. The average Bonchev–Trinajstić information content (AvgIpc) is 2.91. The maximum atomic E-state index is 10.3. The van der Waals surface area contributed by atoms with Crippen LogP contribution in [0.5, 0.6) is 0 Å². The van der Waals surface area contributed by atoms with Crippen molar-refractivity contribution in [1.82, 2.24) is 4.98 Å². The van der Waals surface area contributed by atoms with Crippen LogP contribution < -0.4 is 0 Å². The molecule has 2 heteroatoms. The van der Waals surface area contributed by atoms with Crippen molar-refractivity contribution in [3.63, 3.8) is 0 Å². The van der Waals surface area contributed by atoms with Gasteiger partial charge in [0, 0.05) is 12.4 Å². The van der Waals surface area contributed by atoms with Gasteiger partial charge in [-0.15, -0.1) is 0 Å². The SMILES string of the molecule is OC(c1cccnc1)C1CC2CCC1C2. The third kappa shape index (κ3) is 1.57. The molecule has 0 radical (unpaired) electrons. The van der Waals surface area contributed by atoms with Crippen molar-refractivity contribution in [1.29, 1.82) is 0 Å². The molecule has 2 fully saturated rings. The number of nitrogens with zero attached hydrogens (tertiary/aromatic N) is 1. The third-order valence-corrected chi connectivity index (χ3v) is 4.22. The highest BCUT2D eigenvalue weighted by Gasteiger charge is 2.42. The molecule has 2 bridgehead atoms. The van der Waals surface area contributed by atoms with Gasteiger partial charge in [-0.3, -0.25) is 4.98 Å². The van der Waals surface area contributed by atoms with E-state index in [0.29, 0.717) is 5.92 Å². The van der Waals surface area contributed by atoms with Gasteiger partial charge in [0.15, 0.2) is 0 Å². The lowest BCUT2D eigenvalue weighted by Gasteiger charge is -2.26. The summed E-state index contributed by atoms with van der Waals surface area (Å²) in [6.45, 7) is 0. The largest absolute Gasteiger partial charge is 0.388 e. The van der Waals surface area contributed by atoms with Crippen molar-refractivity contribution < 1.29 is 5.11 Å². The Morgan fingerprint density at radius 1 is 1.33 bits per heavy atom. The monoisotopic (exact) mass is 203 g/mol. The number of pyridine rings is 1. The molecule has 0 amide bonds. The smallest absolute Gasteiger partial charge is 0.0835 e. The van der Waals surface area contributed by atoms with Gasteiger partial charge in [0.05, 0.1) is 6.10 Å². The number of aliphatic hydroxyl groups excluding tert-OH is 1. The maximum Gasteiger partial charge on any atom is 0.0835 e. The zero-order valence-electron chi connectivity index (χ0n) is 8.84. The van der Waals surface area contributed by atoms with E-state index in [2.05, 4.69) is 4.98 Å². The molecule has 4 atom stereocenters. The van der Waals surface area contributed by atoms with E-state index in [-0.39, 0.29) is 6.10 Å². The topological polar surface area (TPSA) is 33.1 Å². The summed E-state index contributed by atoms with van der Waals surface area (Å²) in [5.41, 5.74) is 0.995. The van der Waals surface area contributed by atoms with Crippen LogP contribution in [0.2, 0.25) is 0 Å². The molecule has 2 nitrogen and oxygen atoms in total. The van der Waals surface area contributed by atoms with Crippen molar-refractivity contribution >= 4 is 0 Å². The van der Waals surface area contributed by atoms with Crippen LogP contribution in [0.1, 0.15) is 37.4 Å². The number of rotatable bonds is 2. The Morgan fingerprint density at radius 3 is 2.87 bits per heavy atom. The first-order valence-corrected chi connectivity index (χ1v) is 5.92. The number of aliphatic hydroxyl groups is 1. The van der Waals surface area contributed by atoms with E-state index < -0.39 is 0 Å². The molecule has 1 aromatic rings. The fourth-order valence-electron chi connectivity index (χ4n) is 3.48. The first-order valence-electron chi connectivity index (χ1n) is 5.92. The first-order chi connectivity index (χ1) is 7.34. The Morgan fingerprint density at radius 2 is 2.27 bits per heavy atom. The van der Waals surface area contributed by atoms with E-state index in [1.807, 2.05) is 12.1 Å². The predicted octanol–water partition coefficient (Wildman–Crippen LogP) is 2.55. The molecule has 0 spiro atoms. The summed E-state index contributed by atoms with van der Waals surface area (Å²) in [5, 5.41) is 10.3.